The molecule has 0 aromatic rings. The number of aliphatic carboxylic acids is 3. The minimum Gasteiger partial charge on any atom is -0.481 e. The number of carboxylic acid groups (broad SMARTS) is 3. The van der Waals surface area contributed by atoms with Crippen LogP contribution in [0.1, 0.15) is 26.2 Å². The minimum atomic E-state index is -1.70. The van der Waals surface area contributed by atoms with Crippen molar-refractivity contribution in [2.75, 3.05) is 6.54 Å². The van der Waals surface area contributed by atoms with Crippen molar-refractivity contribution in [1.29, 1.82) is 0 Å². The number of nitrogens with two attached hydrogens (primary N) is 1. The van der Waals surface area contributed by atoms with Gasteiger partial charge in [-0.3, -0.25) is 24.0 Å². The molecule has 0 saturated carbocycles. The van der Waals surface area contributed by atoms with Crippen molar-refractivity contribution in [2.45, 2.75) is 44.3 Å². The van der Waals surface area contributed by atoms with E-state index in [9.17, 15) is 28.8 Å². The van der Waals surface area contributed by atoms with Crippen LogP contribution in [0.4, 0.5) is 0 Å². The van der Waals surface area contributed by atoms with Crippen LogP contribution in [0.25, 0.3) is 0 Å². The summed E-state index contributed by atoms with van der Waals surface area (Å²) in [5, 5.41) is 32.6. The molecule has 0 bridgehead atoms. The van der Waals surface area contributed by atoms with Gasteiger partial charge in [0, 0.05) is 6.42 Å². The summed E-state index contributed by atoms with van der Waals surface area (Å²) in [4.78, 5) is 67.7. The molecule has 0 aromatic carbocycles. The number of hydrogen-bond acceptors (Lipinski definition) is 7. The minimum absolute atomic E-state index is 0.266. The Morgan fingerprint density at radius 1 is 0.852 bits per heavy atom. The Morgan fingerprint density at radius 2 is 1.44 bits per heavy atom. The lowest BCUT2D eigenvalue weighted by molar-refractivity contribution is -0.147. The molecule has 13 nitrogen and oxygen atoms in total. The Morgan fingerprint density at radius 3 is 1.89 bits per heavy atom. The standard InChI is InChI=1S/C14H22N4O9/c1-6(12(24)18-8(14(26)27)4-11(22)23)16-13(25)7(2-3-10(20)21)17-9(19)5-15/h6-8H,2-5,15H2,1H3,(H,16,25)(H,17,19)(H,18,24)(H,20,21)(H,22,23)(H,26,27). The molecule has 0 aliphatic heterocycles. The fourth-order valence-electron chi connectivity index (χ4n) is 1.84. The number of carbonyl (C=O) groups is 6. The summed E-state index contributed by atoms with van der Waals surface area (Å²) in [5.74, 6) is -6.80. The largest absolute Gasteiger partial charge is 0.481 e. The van der Waals surface area contributed by atoms with Gasteiger partial charge in [0.15, 0.2) is 0 Å². The number of carboxylic acids is 3. The van der Waals surface area contributed by atoms with Crippen LogP contribution in [-0.4, -0.2) is 75.6 Å². The van der Waals surface area contributed by atoms with E-state index in [0.29, 0.717) is 0 Å². The second-order valence-corrected chi connectivity index (χ2v) is 5.48. The van der Waals surface area contributed by atoms with Crippen molar-refractivity contribution < 1.29 is 44.1 Å². The van der Waals surface area contributed by atoms with Crippen molar-refractivity contribution >= 4 is 35.6 Å². The van der Waals surface area contributed by atoms with Gasteiger partial charge in [-0.15, -0.1) is 0 Å². The quantitative estimate of drug-likeness (QED) is 0.177. The van der Waals surface area contributed by atoms with Crippen molar-refractivity contribution in [2.24, 2.45) is 5.73 Å². The molecule has 27 heavy (non-hydrogen) atoms. The van der Waals surface area contributed by atoms with Crippen LogP contribution in [-0.2, 0) is 28.8 Å². The molecular weight excluding hydrogens is 368 g/mol. The summed E-state index contributed by atoms with van der Waals surface area (Å²) in [6.45, 7) is 0.758. The predicted octanol–water partition coefficient (Wildman–Crippen LogP) is -3.16. The van der Waals surface area contributed by atoms with Gasteiger partial charge in [-0.1, -0.05) is 0 Å². The van der Waals surface area contributed by atoms with Crippen LogP contribution in [0.3, 0.4) is 0 Å². The van der Waals surface area contributed by atoms with Gasteiger partial charge in [0.05, 0.1) is 13.0 Å². The molecule has 0 fully saturated rings. The van der Waals surface area contributed by atoms with E-state index < -0.39 is 73.1 Å². The molecule has 0 spiro atoms. The third-order valence-electron chi connectivity index (χ3n) is 3.23. The first kappa shape index (κ1) is 23.8. The third kappa shape index (κ3) is 9.74. The molecule has 3 unspecified atom stereocenters. The molecular formula is C14H22N4O9. The third-order valence-corrected chi connectivity index (χ3v) is 3.23. The summed E-state index contributed by atoms with van der Waals surface area (Å²) in [6, 6.07) is -4.26. The molecule has 0 aliphatic rings. The maximum absolute atomic E-state index is 12.2. The summed E-state index contributed by atoms with van der Waals surface area (Å²) in [7, 11) is 0. The molecule has 0 aliphatic carbocycles. The van der Waals surface area contributed by atoms with E-state index in [1.54, 1.807) is 0 Å². The molecule has 152 valence electrons. The second-order valence-electron chi connectivity index (χ2n) is 5.48. The summed E-state index contributed by atoms with van der Waals surface area (Å²) in [6.07, 6.45) is -1.57. The zero-order valence-corrected chi connectivity index (χ0v) is 14.4. The highest BCUT2D eigenvalue weighted by atomic mass is 16.4. The zero-order chi connectivity index (χ0) is 21.1. The highest BCUT2D eigenvalue weighted by Gasteiger charge is 2.28. The van der Waals surface area contributed by atoms with Crippen molar-refractivity contribution in [3.8, 4) is 0 Å². The Labute approximate surface area is 153 Å². The van der Waals surface area contributed by atoms with Crippen molar-refractivity contribution in [3.05, 3.63) is 0 Å². The fourth-order valence-corrected chi connectivity index (χ4v) is 1.84. The van der Waals surface area contributed by atoms with Gasteiger partial charge in [-0.25, -0.2) is 4.79 Å². The highest BCUT2D eigenvalue weighted by Crippen LogP contribution is 2.00. The summed E-state index contributed by atoms with van der Waals surface area (Å²) < 4.78 is 0. The van der Waals surface area contributed by atoms with Gasteiger partial charge in [0.2, 0.25) is 17.7 Å². The van der Waals surface area contributed by atoms with Gasteiger partial charge in [-0.2, -0.15) is 0 Å². The van der Waals surface area contributed by atoms with Gasteiger partial charge in [0.25, 0.3) is 0 Å². The number of rotatable bonds is 12. The maximum atomic E-state index is 12.2. The van der Waals surface area contributed by atoms with Crippen LogP contribution in [0.15, 0.2) is 0 Å². The Hall–Kier alpha value is -3.22. The second kappa shape index (κ2) is 11.4. The van der Waals surface area contributed by atoms with Crippen LogP contribution in [0.2, 0.25) is 0 Å². The number of amides is 3. The molecule has 3 amide bonds. The van der Waals surface area contributed by atoms with Crippen LogP contribution < -0.4 is 21.7 Å². The molecule has 0 heterocycles. The first-order valence-electron chi connectivity index (χ1n) is 7.74. The van der Waals surface area contributed by atoms with Crippen molar-refractivity contribution in [1.82, 2.24) is 16.0 Å². The lowest BCUT2D eigenvalue weighted by Crippen LogP contribution is -2.55. The first-order valence-corrected chi connectivity index (χ1v) is 7.74. The predicted molar refractivity (Wildman–Crippen MR) is 87.3 cm³/mol. The lowest BCUT2D eigenvalue weighted by Gasteiger charge is -2.21. The van der Waals surface area contributed by atoms with E-state index >= 15 is 0 Å². The van der Waals surface area contributed by atoms with E-state index in [-0.39, 0.29) is 6.42 Å². The van der Waals surface area contributed by atoms with E-state index in [2.05, 4.69) is 10.6 Å². The lowest BCUT2D eigenvalue weighted by atomic mass is 10.1. The zero-order valence-electron chi connectivity index (χ0n) is 14.4. The van der Waals surface area contributed by atoms with Crippen LogP contribution >= 0.6 is 0 Å². The SMILES string of the molecule is CC(NC(=O)C(CCC(=O)O)NC(=O)CN)C(=O)NC(CC(=O)O)C(=O)O. The normalized spacial score (nSPS) is 13.6. The average molecular weight is 390 g/mol. The van der Waals surface area contributed by atoms with E-state index in [1.807, 2.05) is 5.32 Å². The fraction of sp³-hybridized carbons (Fsp3) is 0.571. The summed E-state index contributed by atoms with van der Waals surface area (Å²) in [5.41, 5.74) is 5.12. The van der Waals surface area contributed by atoms with Gasteiger partial charge in [0.1, 0.15) is 18.1 Å². The summed E-state index contributed by atoms with van der Waals surface area (Å²) >= 11 is 0. The van der Waals surface area contributed by atoms with Gasteiger partial charge < -0.3 is 37.0 Å². The van der Waals surface area contributed by atoms with Crippen molar-refractivity contribution in [3.63, 3.8) is 0 Å². The molecule has 13 heteroatoms. The topological polar surface area (TPSA) is 225 Å². The molecule has 0 radical (unpaired) electrons. The highest BCUT2D eigenvalue weighted by molar-refractivity contribution is 5.94. The number of carbonyl (C=O) groups excluding carboxylic acids is 3. The van der Waals surface area contributed by atoms with E-state index in [4.69, 9.17) is 21.1 Å². The van der Waals surface area contributed by atoms with E-state index in [0.717, 1.165) is 0 Å². The van der Waals surface area contributed by atoms with Crippen LogP contribution in [0.5, 0.6) is 0 Å². The Kier molecular flexibility index (Phi) is 10.0. The van der Waals surface area contributed by atoms with Gasteiger partial charge in [-0.05, 0) is 13.3 Å². The molecule has 8 N–H and O–H groups in total. The molecule has 3 atom stereocenters. The first-order chi connectivity index (χ1) is 12.5. The molecule has 0 aromatic heterocycles. The Balaban J connectivity index is 4.94. The number of nitrogens with one attached hydrogen (secondary N) is 3. The van der Waals surface area contributed by atoms with Gasteiger partial charge >= 0.3 is 17.9 Å². The smallest absolute Gasteiger partial charge is 0.326 e. The Bertz CT molecular complexity index is 607. The molecule has 0 rings (SSSR count). The van der Waals surface area contributed by atoms with E-state index in [1.165, 1.54) is 6.92 Å². The average Bonchev–Trinajstić information content (AvgIpc) is 2.56. The number of hydrogen-bond donors (Lipinski definition) is 7. The molecule has 0 saturated heterocycles. The maximum Gasteiger partial charge on any atom is 0.326 e. The monoisotopic (exact) mass is 390 g/mol. The van der Waals surface area contributed by atoms with Crippen LogP contribution in [0, 0.1) is 0 Å².